The van der Waals surface area contributed by atoms with Crippen molar-refractivity contribution in [1.82, 2.24) is 4.98 Å². The van der Waals surface area contributed by atoms with Crippen molar-refractivity contribution in [3.05, 3.63) is 112 Å². The summed E-state index contributed by atoms with van der Waals surface area (Å²) >= 11 is 0. The number of pyridine rings is 1. The van der Waals surface area contributed by atoms with Crippen molar-refractivity contribution in [3.63, 3.8) is 0 Å². The summed E-state index contributed by atoms with van der Waals surface area (Å²) in [6.45, 7) is 1.28. The predicted molar refractivity (Wildman–Crippen MR) is 167 cm³/mol. The van der Waals surface area contributed by atoms with Crippen LogP contribution in [-0.4, -0.2) is 40.1 Å². The number of allylic oxidation sites excluding steroid dienone is 2. The number of aromatic nitrogens is 1. The van der Waals surface area contributed by atoms with E-state index in [4.69, 9.17) is 9.72 Å². The van der Waals surface area contributed by atoms with E-state index in [0.717, 1.165) is 18.1 Å². The number of para-hydroxylation sites is 1. The number of nitrogens with zero attached hydrogens (tertiary/aromatic N) is 3. The molecule has 5 aliphatic rings. The highest BCUT2D eigenvalue weighted by molar-refractivity contribution is 6.22. The van der Waals surface area contributed by atoms with Crippen LogP contribution in [0.5, 0.6) is 0 Å². The number of ketones is 1. The zero-order valence-corrected chi connectivity index (χ0v) is 24.7. The molecule has 6 unspecified atom stereocenters. The Hall–Kier alpha value is -5.51. The fraction of sp³-hybridized carbons (Fsp3) is 0.250. The number of benzene rings is 3. The predicted octanol–water partition coefficient (Wildman–Crippen LogP) is 5.72. The number of Topliss-reactive ketones (excluding diaryl/α,β-unsaturated/α-hetero) is 1. The van der Waals surface area contributed by atoms with Crippen LogP contribution >= 0.6 is 0 Å². The topological polar surface area (TPSA) is 137 Å². The van der Waals surface area contributed by atoms with Gasteiger partial charge in [-0.15, -0.1) is 0 Å². The third kappa shape index (κ3) is 4.28. The maximum atomic E-state index is 13.6. The lowest BCUT2D eigenvalue weighted by molar-refractivity contribution is -0.384. The van der Waals surface area contributed by atoms with Gasteiger partial charge in [0.1, 0.15) is 0 Å². The number of esters is 1. The van der Waals surface area contributed by atoms with Crippen LogP contribution in [0.25, 0.3) is 22.2 Å². The number of hydrogen-bond acceptors (Lipinski definition) is 8. The molecule has 3 fully saturated rings. The summed E-state index contributed by atoms with van der Waals surface area (Å²) in [6, 6.07) is 19.3. The summed E-state index contributed by atoms with van der Waals surface area (Å²) in [7, 11) is 0. The van der Waals surface area contributed by atoms with Crippen LogP contribution in [0.3, 0.4) is 0 Å². The van der Waals surface area contributed by atoms with Gasteiger partial charge in [0.25, 0.3) is 5.69 Å². The van der Waals surface area contributed by atoms with E-state index in [9.17, 15) is 29.3 Å². The number of amides is 2. The molecule has 3 aromatic carbocycles. The molecule has 2 heterocycles. The van der Waals surface area contributed by atoms with Gasteiger partial charge in [0.05, 0.1) is 39.2 Å². The van der Waals surface area contributed by atoms with Crippen molar-refractivity contribution in [2.75, 3.05) is 11.5 Å². The zero-order valence-electron chi connectivity index (χ0n) is 24.7. The van der Waals surface area contributed by atoms with E-state index in [1.807, 2.05) is 13.0 Å². The van der Waals surface area contributed by atoms with E-state index in [1.54, 1.807) is 42.5 Å². The van der Waals surface area contributed by atoms with Gasteiger partial charge in [-0.05, 0) is 60.8 Å². The standard InChI is InChI=1S/C36H27N3O7/c1-18-4-2-7-25-28(36(43)46-17-30(40)20-5-3-6-22(14-20)39(44)45)16-29(37-33(18)25)19-8-10-21(11-9-19)38-34(41)31-23-12-13-24(27-15-26(23)27)32(31)35(38)42/h2-14,16,23-24,26-27,31-32H,15,17H2,1H3. The number of imide groups is 1. The molecule has 1 saturated heterocycles. The number of anilines is 1. The minimum absolute atomic E-state index is 0.0631. The van der Waals surface area contributed by atoms with Crippen LogP contribution in [0.2, 0.25) is 0 Å². The minimum Gasteiger partial charge on any atom is -0.454 e. The number of carbonyl (C=O) groups excluding carboxylic acids is 4. The second kappa shape index (κ2) is 10.3. The molecule has 4 aromatic rings. The number of non-ortho nitro benzene ring substituents is 1. The first-order valence-electron chi connectivity index (χ1n) is 15.2. The third-order valence-corrected chi connectivity index (χ3v) is 10.1. The van der Waals surface area contributed by atoms with Gasteiger partial charge in [0, 0.05) is 28.6 Å². The number of nitro groups is 1. The van der Waals surface area contributed by atoms with Gasteiger partial charge < -0.3 is 4.74 Å². The quantitative estimate of drug-likeness (QED) is 0.0645. The molecule has 9 rings (SSSR count). The molecule has 2 bridgehead atoms. The van der Waals surface area contributed by atoms with E-state index >= 15 is 0 Å². The molecular formula is C36H27N3O7. The highest BCUT2D eigenvalue weighted by atomic mass is 16.6. The fourth-order valence-corrected chi connectivity index (χ4v) is 7.79. The Morgan fingerprint density at radius 1 is 0.935 bits per heavy atom. The van der Waals surface area contributed by atoms with E-state index in [2.05, 4.69) is 12.2 Å². The molecule has 1 aromatic heterocycles. The Morgan fingerprint density at radius 3 is 2.28 bits per heavy atom. The average Bonchev–Trinajstić information content (AvgIpc) is 3.85. The van der Waals surface area contributed by atoms with Crippen LogP contribution in [0.15, 0.2) is 84.9 Å². The normalized spacial score (nSPS) is 25.4. The van der Waals surface area contributed by atoms with Crippen LogP contribution < -0.4 is 4.90 Å². The summed E-state index contributed by atoms with van der Waals surface area (Å²) in [4.78, 5) is 69.9. The van der Waals surface area contributed by atoms with Crippen molar-refractivity contribution >= 4 is 45.8 Å². The van der Waals surface area contributed by atoms with Gasteiger partial charge in [0.15, 0.2) is 6.61 Å². The first-order valence-corrected chi connectivity index (χ1v) is 15.2. The molecule has 4 aliphatic carbocycles. The van der Waals surface area contributed by atoms with Crippen molar-refractivity contribution in [2.45, 2.75) is 13.3 Å². The van der Waals surface area contributed by atoms with Crippen molar-refractivity contribution in [3.8, 4) is 11.3 Å². The maximum Gasteiger partial charge on any atom is 0.339 e. The number of ether oxygens (including phenoxy) is 1. The Balaban J connectivity index is 1.06. The summed E-state index contributed by atoms with van der Waals surface area (Å²) in [5, 5.41) is 11.6. The fourth-order valence-electron chi connectivity index (χ4n) is 7.79. The molecule has 0 radical (unpaired) electrons. The van der Waals surface area contributed by atoms with Crippen LogP contribution in [0, 0.1) is 52.5 Å². The smallest absolute Gasteiger partial charge is 0.339 e. The van der Waals surface area contributed by atoms with Crippen molar-refractivity contribution in [1.29, 1.82) is 0 Å². The van der Waals surface area contributed by atoms with Gasteiger partial charge >= 0.3 is 5.97 Å². The lowest BCUT2D eigenvalue weighted by Crippen LogP contribution is -2.40. The lowest BCUT2D eigenvalue weighted by Gasteiger charge is -2.37. The summed E-state index contributed by atoms with van der Waals surface area (Å²) in [5.41, 5.74) is 3.09. The number of aryl methyl sites for hydroxylation is 1. The highest BCUT2D eigenvalue weighted by Crippen LogP contribution is 2.65. The van der Waals surface area contributed by atoms with Gasteiger partial charge in [-0.3, -0.25) is 29.4 Å². The number of hydrogen-bond donors (Lipinski definition) is 0. The van der Waals surface area contributed by atoms with Crippen LogP contribution in [0.4, 0.5) is 11.4 Å². The first kappa shape index (κ1) is 28.0. The first-order chi connectivity index (χ1) is 22.2. The second-order valence-electron chi connectivity index (χ2n) is 12.5. The summed E-state index contributed by atoms with van der Waals surface area (Å²) in [6.07, 6.45) is 5.40. The molecular weight excluding hydrogens is 586 g/mol. The Kier molecular flexibility index (Phi) is 6.25. The van der Waals surface area contributed by atoms with Gasteiger partial charge in [-0.25, -0.2) is 9.78 Å². The number of nitro benzene ring substituents is 1. The highest BCUT2D eigenvalue weighted by Gasteiger charge is 2.67. The molecule has 0 spiro atoms. The van der Waals surface area contributed by atoms with E-state index in [1.165, 1.54) is 23.1 Å². The summed E-state index contributed by atoms with van der Waals surface area (Å²) < 4.78 is 5.40. The van der Waals surface area contributed by atoms with Gasteiger partial charge in [0.2, 0.25) is 17.6 Å². The van der Waals surface area contributed by atoms with Gasteiger partial charge in [-0.2, -0.15) is 0 Å². The monoisotopic (exact) mass is 613 g/mol. The van der Waals surface area contributed by atoms with Crippen molar-refractivity contribution in [2.24, 2.45) is 35.5 Å². The molecule has 10 nitrogen and oxygen atoms in total. The third-order valence-electron chi connectivity index (χ3n) is 10.1. The number of rotatable bonds is 7. The Morgan fingerprint density at radius 2 is 1.61 bits per heavy atom. The van der Waals surface area contributed by atoms with E-state index < -0.39 is 23.3 Å². The van der Waals surface area contributed by atoms with E-state index in [-0.39, 0.29) is 52.3 Å². The minimum atomic E-state index is -0.744. The maximum absolute atomic E-state index is 13.6. The Bertz CT molecular complexity index is 2020. The zero-order chi connectivity index (χ0) is 31.9. The number of fused-ring (bicyclic) bond motifs is 1. The SMILES string of the molecule is Cc1cccc2c(C(=O)OCC(=O)c3cccc([N+](=O)[O-])c3)cc(-c3ccc(N4C(=O)C5C6C=CC(C7CC67)C5C4=O)cc3)nc12. The lowest BCUT2D eigenvalue weighted by atomic mass is 9.63. The molecule has 2 amide bonds. The largest absolute Gasteiger partial charge is 0.454 e. The number of carbonyl (C=O) groups is 4. The summed E-state index contributed by atoms with van der Waals surface area (Å²) in [5.74, 6) is -0.805. The molecule has 1 aliphatic heterocycles. The van der Waals surface area contributed by atoms with Crippen LogP contribution in [0.1, 0.15) is 32.7 Å². The Labute approximate surface area is 262 Å². The molecule has 46 heavy (non-hydrogen) atoms. The molecule has 0 N–H and O–H groups in total. The average molecular weight is 614 g/mol. The second-order valence-corrected chi connectivity index (χ2v) is 12.5. The molecule has 228 valence electrons. The van der Waals surface area contributed by atoms with Crippen LogP contribution in [-0.2, 0) is 14.3 Å². The molecule has 10 heteroatoms. The van der Waals surface area contributed by atoms with Crippen molar-refractivity contribution < 1.29 is 28.8 Å². The molecule has 2 saturated carbocycles. The van der Waals surface area contributed by atoms with Gasteiger partial charge in [-0.1, -0.05) is 54.6 Å². The molecule has 6 atom stereocenters. The van der Waals surface area contributed by atoms with E-state index in [0.29, 0.717) is 39.7 Å².